The molecule has 0 aromatic heterocycles. The molecule has 1 saturated heterocycles. The van der Waals surface area contributed by atoms with Gasteiger partial charge in [0.15, 0.2) is 6.29 Å². The Hall–Kier alpha value is -1.72. The van der Waals surface area contributed by atoms with Crippen LogP contribution in [0.25, 0.3) is 0 Å². The van der Waals surface area contributed by atoms with Gasteiger partial charge in [0.25, 0.3) is 10.0 Å². The van der Waals surface area contributed by atoms with Crippen molar-refractivity contribution in [3.05, 3.63) is 29.3 Å². The number of nitrogens with two attached hydrogens (primary N) is 1. The lowest BCUT2D eigenvalue weighted by molar-refractivity contribution is -0.152. The van der Waals surface area contributed by atoms with Crippen LogP contribution in [0.2, 0.25) is 0 Å². The number of amidine groups is 1. The van der Waals surface area contributed by atoms with Crippen molar-refractivity contribution >= 4 is 15.9 Å². The fourth-order valence-electron chi connectivity index (χ4n) is 2.75. The van der Waals surface area contributed by atoms with Gasteiger partial charge < -0.3 is 30.2 Å². The number of rotatable bonds is 4. The Morgan fingerprint density at radius 2 is 2.12 bits per heavy atom. The highest BCUT2D eigenvalue weighted by molar-refractivity contribution is 7.89. The number of nitrogens with zero attached hydrogens (tertiary/aromatic N) is 1. The molecule has 9 nitrogen and oxygen atoms in total. The van der Waals surface area contributed by atoms with Crippen LogP contribution in [0.4, 0.5) is 0 Å². The van der Waals surface area contributed by atoms with Gasteiger partial charge in [-0.05, 0) is 11.6 Å². The van der Waals surface area contributed by atoms with Crippen LogP contribution in [-0.4, -0.2) is 62.8 Å². The zero-order chi connectivity index (χ0) is 17.5. The molecule has 10 heteroatoms. The maximum absolute atomic E-state index is 11.6. The first-order valence-corrected chi connectivity index (χ1v) is 8.81. The molecule has 2 aliphatic rings. The molecule has 0 unspecified atom stereocenters. The molecular weight excluding hydrogens is 340 g/mol. The summed E-state index contributed by atoms with van der Waals surface area (Å²) in [6.07, 6.45) is -4.08. The lowest BCUT2D eigenvalue weighted by Gasteiger charge is -2.20. The first-order chi connectivity index (χ1) is 11.3. The smallest absolute Gasteiger partial charge is 0.259 e. The van der Waals surface area contributed by atoms with Crippen LogP contribution >= 0.6 is 0 Å². The first kappa shape index (κ1) is 17.1. The van der Waals surface area contributed by atoms with Crippen molar-refractivity contribution in [3.8, 4) is 5.75 Å². The molecule has 0 bridgehead atoms. The number of sulfonamides is 1. The molecule has 0 aliphatic carbocycles. The van der Waals surface area contributed by atoms with Gasteiger partial charge in [-0.2, -0.15) is 0 Å². The third-order valence-electron chi connectivity index (χ3n) is 3.90. The molecule has 4 N–H and O–H groups in total. The molecule has 1 aromatic carbocycles. The molecule has 1 fully saturated rings. The minimum Gasteiger partial charge on any atom is -0.490 e. The Kier molecular flexibility index (Phi) is 4.49. The number of fused-ring (bicyclic) bond motifs is 1. The second-order valence-electron chi connectivity index (χ2n) is 5.56. The van der Waals surface area contributed by atoms with Gasteiger partial charge in [0.1, 0.15) is 36.5 Å². The van der Waals surface area contributed by atoms with Crippen molar-refractivity contribution in [1.82, 2.24) is 0 Å². The van der Waals surface area contributed by atoms with Crippen molar-refractivity contribution < 1.29 is 32.8 Å². The van der Waals surface area contributed by atoms with Gasteiger partial charge in [0.05, 0.1) is 11.3 Å². The Morgan fingerprint density at radius 1 is 1.38 bits per heavy atom. The van der Waals surface area contributed by atoms with E-state index in [1.807, 2.05) is 0 Å². The summed E-state index contributed by atoms with van der Waals surface area (Å²) in [5.41, 5.74) is 6.64. The maximum Gasteiger partial charge on any atom is 0.259 e. The average molecular weight is 358 g/mol. The molecule has 24 heavy (non-hydrogen) atoms. The molecule has 132 valence electrons. The van der Waals surface area contributed by atoms with E-state index in [2.05, 4.69) is 4.40 Å². The normalized spacial score (nSPS) is 31.4. The molecule has 2 heterocycles. The summed E-state index contributed by atoms with van der Waals surface area (Å²) in [5.74, 6) is -0.0721. The van der Waals surface area contributed by atoms with Crippen LogP contribution in [0.1, 0.15) is 11.1 Å². The van der Waals surface area contributed by atoms with Crippen LogP contribution in [0.3, 0.4) is 0 Å². The fourth-order valence-corrected chi connectivity index (χ4v) is 3.84. The number of ether oxygens (including phenoxy) is 3. The molecule has 4 atom stereocenters. The molecule has 0 spiro atoms. The van der Waals surface area contributed by atoms with Crippen LogP contribution in [0.15, 0.2) is 22.6 Å². The highest BCUT2D eigenvalue weighted by Gasteiger charge is 2.43. The van der Waals surface area contributed by atoms with E-state index < -0.39 is 34.6 Å². The SMILES string of the molecule is CO[C@@H]1O[C@H](COc2cccc3c2C(N)=NS(=O)(=O)C3)[C@@H](O)[C@H]1O. The topological polar surface area (TPSA) is 141 Å². The number of aliphatic hydroxyl groups is 2. The zero-order valence-corrected chi connectivity index (χ0v) is 13.6. The van der Waals surface area contributed by atoms with E-state index in [0.717, 1.165) is 0 Å². The van der Waals surface area contributed by atoms with Gasteiger partial charge in [0, 0.05) is 7.11 Å². The maximum atomic E-state index is 11.6. The third kappa shape index (κ3) is 3.10. The van der Waals surface area contributed by atoms with E-state index in [4.69, 9.17) is 19.9 Å². The van der Waals surface area contributed by atoms with Gasteiger partial charge in [-0.25, -0.2) is 8.42 Å². The minimum atomic E-state index is -3.63. The predicted octanol–water partition coefficient (Wildman–Crippen LogP) is -1.29. The van der Waals surface area contributed by atoms with Crippen LogP contribution in [0, 0.1) is 0 Å². The quantitative estimate of drug-likeness (QED) is 0.604. The first-order valence-electron chi connectivity index (χ1n) is 7.20. The van der Waals surface area contributed by atoms with Crippen molar-refractivity contribution in [2.45, 2.75) is 30.4 Å². The Bertz CT molecular complexity index is 764. The summed E-state index contributed by atoms with van der Waals surface area (Å²) < 4.78 is 42.7. The van der Waals surface area contributed by atoms with Crippen LogP contribution < -0.4 is 10.5 Å². The van der Waals surface area contributed by atoms with E-state index in [-0.39, 0.29) is 18.2 Å². The summed E-state index contributed by atoms with van der Waals surface area (Å²) in [6, 6.07) is 4.89. The van der Waals surface area contributed by atoms with E-state index in [0.29, 0.717) is 16.9 Å². The summed E-state index contributed by atoms with van der Waals surface area (Å²) in [6.45, 7) is -0.0748. The molecule has 2 aliphatic heterocycles. The fraction of sp³-hybridized carbons (Fsp3) is 0.500. The Morgan fingerprint density at radius 3 is 2.79 bits per heavy atom. The number of hydrogen-bond acceptors (Lipinski definition) is 8. The van der Waals surface area contributed by atoms with Gasteiger partial charge in [-0.15, -0.1) is 4.40 Å². The van der Waals surface area contributed by atoms with Gasteiger partial charge in [-0.1, -0.05) is 12.1 Å². The highest BCUT2D eigenvalue weighted by Crippen LogP contribution is 2.29. The molecule has 0 radical (unpaired) electrons. The van der Waals surface area contributed by atoms with Gasteiger partial charge >= 0.3 is 0 Å². The van der Waals surface area contributed by atoms with Crippen molar-refractivity contribution in [1.29, 1.82) is 0 Å². The summed E-state index contributed by atoms with van der Waals surface area (Å²) in [4.78, 5) is 0. The zero-order valence-electron chi connectivity index (χ0n) is 12.8. The second kappa shape index (κ2) is 6.30. The molecule has 1 aromatic rings. The van der Waals surface area contributed by atoms with E-state index in [1.165, 1.54) is 7.11 Å². The van der Waals surface area contributed by atoms with Crippen LogP contribution in [-0.2, 0) is 25.2 Å². The summed E-state index contributed by atoms with van der Waals surface area (Å²) in [7, 11) is -2.27. The van der Waals surface area contributed by atoms with E-state index in [1.54, 1.807) is 18.2 Å². The Balaban J connectivity index is 1.79. The third-order valence-corrected chi connectivity index (χ3v) is 5.05. The van der Waals surface area contributed by atoms with Gasteiger partial charge in [-0.3, -0.25) is 0 Å². The molecule has 0 saturated carbocycles. The number of methoxy groups -OCH3 is 1. The van der Waals surface area contributed by atoms with Crippen molar-refractivity contribution in [3.63, 3.8) is 0 Å². The largest absolute Gasteiger partial charge is 0.490 e. The van der Waals surface area contributed by atoms with E-state index in [9.17, 15) is 18.6 Å². The second-order valence-corrected chi connectivity index (χ2v) is 7.20. The number of benzene rings is 1. The van der Waals surface area contributed by atoms with Crippen molar-refractivity contribution in [2.24, 2.45) is 10.1 Å². The standard InChI is InChI=1S/C14H18N2O7S/c1-21-14-12(18)11(17)9(23-14)5-22-8-4-2-3-7-6-24(19,20)16-13(15)10(7)8/h2-4,9,11-12,14,17-18H,5-6H2,1H3,(H2,15,16)/t9-,11-,12-,14-/m1/s1. The van der Waals surface area contributed by atoms with E-state index >= 15 is 0 Å². The number of aliphatic hydroxyl groups excluding tert-OH is 2. The van der Waals surface area contributed by atoms with Gasteiger partial charge in [0.2, 0.25) is 0 Å². The minimum absolute atomic E-state index is 0.0748. The van der Waals surface area contributed by atoms with Crippen LogP contribution in [0.5, 0.6) is 5.75 Å². The summed E-state index contributed by atoms with van der Waals surface area (Å²) in [5, 5.41) is 19.7. The highest BCUT2D eigenvalue weighted by atomic mass is 32.2. The number of hydrogen-bond donors (Lipinski definition) is 3. The van der Waals surface area contributed by atoms with Crippen molar-refractivity contribution in [2.75, 3.05) is 13.7 Å². The Labute approximate surface area is 138 Å². The molecule has 3 rings (SSSR count). The molecular formula is C14H18N2O7S. The lowest BCUT2D eigenvalue weighted by atomic mass is 10.1. The average Bonchev–Trinajstić information content (AvgIpc) is 2.78. The summed E-state index contributed by atoms with van der Waals surface area (Å²) >= 11 is 0. The predicted molar refractivity (Wildman–Crippen MR) is 83.0 cm³/mol. The lowest BCUT2D eigenvalue weighted by Crippen LogP contribution is -2.35. The molecule has 0 amide bonds. The monoisotopic (exact) mass is 358 g/mol.